The number of fused-ring (bicyclic) bond motifs is 2. The molecule has 1 aromatic rings. The molecule has 1 spiro atoms. The van der Waals surface area contributed by atoms with Crippen LogP contribution < -0.4 is 4.90 Å². The van der Waals surface area contributed by atoms with Crippen LogP contribution in [0.3, 0.4) is 0 Å². The van der Waals surface area contributed by atoms with E-state index in [0.717, 1.165) is 6.42 Å². The Kier molecular flexibility index (Phi) is 6.74. The molecule has 5 rings (SSSR count). The van der Waals surface area contributed by atoms with Crippen LogP contribution in [-0.4, -0.2) is 80.9 Å². The average Bonchev–Trinajstić information content (AvgIpc) is 3.15. The molecule has 7 nitrogen and oxygen atoms in total. The van der Waals surface area contributed by atoms with Crippen molar-refractivity contribution in [3.8, 4) is 0 Å². The Labute approximate surface area is 227 Å². The van der Waals surface area contributed by atoms with E-state index in [1.165, 1.54) is 0 Å². The van der Waals surface area contributed by atoms with Gasteiger partial charge in [-0.05, 0) is 37.1 Å². The van der Waals surface area contributed by atoms with Crippen LogP contribution in [0.2, 0.25) is 5.02 Å². The van der Waals surface area contributed by atoms with Crippen molar-refractivity contribution in [3.05, 3.63) is 53.6 Å². The van der Waals surface area contributed by atoms with E-state index in [9.17, 15) is 19.5 Å². The number of thioether (sulfide) groups is 1. The summed E-state index contributed by atoms with van der Waals surface area (Å²) >= 11 is 7.67. The zero-order valence-corrected chi connectivity index (χ0v) is 23.2. The smallest absolute Gasteiger partial charge is 0.251 e. The van der Waals surface area contributed by atoms with Gasteiger partial charge in [0.05, 0.1) is 29.2 Å². The number of carbonyl (C=O) groups is 3. The Morgan fingerprint density at radius 1 is 1.05 bits per heavy atom. The minimum atomic E-state index is -0.937. The van der Waals surface area contributed by atoms with Gasteiger partial charge in [0.15, 0.2) is 0 Å². The lowest BCUT2D eigenvalue weighted by Gasteiger charge is -2.41. The van der Waals surface area contributed by atoms with Gasteiger partial charge in [-0.2, -0.15) is 0 Å². The Hall–Kier alpha value is -2.29. The van der Waals surface area contributed by atoms with Crippen molar-refractivity contribution < 1.29 is 19.5 Å². The molecule has 3 amide bonds. The van der Waals surface area contributed by atoms with E-state index in [1.807, 2.05) is 45.1 Å². The quantitative estimate of drug-likeness (QED) is 0.576. The Bertz CT molecular complexity index is 1170. The fourth-order valence-corrected chi connectivity index (χ4v) is 8.88. The zero-order valence-electron chi connectivity index (χ0n) is 21.6. The first-order valence-electron chi connectivity index (χ1n) is 12.9. The molecule has 4 aliphatic heterocycles. The number of hydrogen-bond acceptors (Lipinski definition) is 5. The highest BCUT2D eigenvalue weighted by molar-refractivity contribution is 8.02. The number of hydrogen-bond donors (Lipinski definition) is 1. The first-order chi connectivity index (χ1) is 17.6. The fourth-order valence-electron chi connectivity index (χ4n) is 6.61. The van der Waals surface area contributed by atoms with E-state index in [0.29, 0.717) is 23.8 Å². The molecule has 9 heteroatoms. The number of aliphatic hydroxyl groups is 1. The number of benzene rings is 1. The summed E-state index contributed by atoms with van der Waals surface area (Å²) in [5, 5.41) is 11.1. The molecule has 0 aromatic heterocycles. The molecule has 37 heavy (non-hydrogen) atoms. The molecule has 4 aliphatic rings. The van der Waals surface area contributed by atoms with Gasteiger partial charge in [-0.25, -0.2) is 0 Å². The maximum atomic E-state index is 14.5. The van der Waals surface area contributed by atoms with Crippen LogP contribution in [0.15, 0.2) is 48.6 Å². The maximum Gasteiger partial charge on any atom is 0.251 e. The number of rotatable bonds is 5. The number of anilines is 1. The highest BCUT2D eigenvalue weighted by Gasteiger charge is 2.74. The summed E-state index contributed by atoms with van der Waals surface area (Å²) in [5.74, 6) is -1.87. The summed E-state index contributed by atoms with van der Waals surface area (Å²) in [6, 6.07) is 5.70. The van der Waals surface area contributed by atoms with E-state index in [4.69, 9.17) is 11.6 Å². The van der Waals surface area contributed by atoms with Crippen molar-refractivity contribution in [2.24, 2.45) is 17.8 Å². The minimum Gasteiger partial charge on any atom is -0.394 e. The first-order valence-corrected chi connectivity index (χ1v) is 14.1. The summed E-state index contributed by atoms with van der Waals surface area (Å²) in [5.41, 5.74) is 0.690. The lowest BCUT2D eigenvalue weighted by Crippen LogP contribution is -2.58. The van der Waals surface area contributed by atoms with Gasteiger partial charge >= 0.3 is 0 Å². The predicted molar refractivity (Wildman–Crippen MR) is 146 cm³/mol. The summed E-state index contributed by atoms with van der Waals surface area (Å²) in [4.78, 5) is 47.7. The largest absolute Gasteiger partial charge is 0.394 e. The summed E-state index contributed by atoms with van der Waals surface area (Å²) in [6.07, 6.45) is 8.72. The van der Waals surface area contributed by atoms with E-state index < -0.39 is 33.4 Å². The molecule has 7 atom stereocenters. The van der Waals surface area contributed by atoms with Crippen LogP contribution in [0.1, 0.15) is 27.2 Å². The molecule has 0 radical (unpaired) electrons. The van der Waals surface area contributed by atoms with Crippen LogP contribution in [0, 0.1) is 17.8 Å². The Morgan fingerprint density at radius 3 is 2.38 bits per heavy atom. The molecular weight excluding hydrogens is 510 g/mol. The first kappa shape index (κ1) is 26.3. The van der Waals surface area contributed by atoms with E-state index in [1.54, 1.807) is 57.8 Å². The number of aliphatic hydroxyl groups excluding tert-OH is 1. The van der Waals surface area contributed by atoms with Gasteiger partial charge in [-0.1, -0.05) is 56.2 Å². The topological polar surface area (TPSA) is 81.2 Å². The molecule has 1 N–H and O–H groups in total. The zero-order chi connectivity index (χ0) is 26.7. The van der Waals surface area contributed by atoms with Crippen LogP contribution in [0.5, 0.6) is 0 Å². The van der Waals surface area contributed by atoms with E-state index >= 15 is 0 Å². The lowest BCUT2D eigenvalue weighted by atomic mass is 9.74. The number of amides is 3. The second-order valence-electron chi connectivity index (χ2n) is 10.8. The van der Waals surface area contributed by atoms with Gasteiger partial charge in [0.25, 0.3) is 5.91 Å². The third kappa shape index (κ3) is 3.86. The average molecular weight is 544 g/mol. The minimum absolute atomic E-state index is 0.0300. The SMILES string of the molecule is CC[C@H](C)[C@H](CO)N1C(=O)[C@@H]2[C@@H]3C(=O)N(C)CC=C[C@]3(C)S[C@@]23C=CCN(c2ccc(Cl)cc2)C(=O)C13. The molecule has 4 heterocycles. The molecule has 198 valence electrons. The van der Waals surface area contributed by atoms with E-state index in [2.05, 4.69) is 0 Å². The molecular formula is C28H34ClN3O4S. The number of likely N-dealkylation sites (tertiary alicyclic amines) is 1. The maximum absolute atomic E-state index is 14.5. The number of halogens is 1. The molecule has 0 saturated carbocycles. The predicted octanol–water partition coefficient (Wildman–Crippen LogP) is 3.37. The van der Waals surface area contributed by atoms with Crippen molar-refractivity contribution >= 4 is 46.8 Å². The molecule has 0 bridgehead atoms. The van der Waals surface area contributed by atoms with Gasteiger partial charge in [0, 0.05) is 35.6 Å². The third-order valence-corrected chi connectivity index (χ3v) is 10.7. The Morgan fingerprint density at radius 2 is 1.73 bits per heavy atom. The van der Waals surface area contributed by atoms with Gasteiger partial charge in [0.2, 0.25) is 11.8 Å². The molecule has 1 aromatic carbocycles. The second-order valence-corrected chi connectivity index (χ2v) is 13.1. The van der Waals surface area contributed by atoms with E-state index in [-0.39, 0.29) is 30.2 Å². The van der Waals surface area contributed by atoms with Crippen molar-refractivity contribution in [2.45, 2.75) is 48.8 Å². The number of nitrogens with zero attached hydrogens (tertiary/aromatic N) is 3. The monoisotopic (exact) mass is 543 g/mol. The van der Waals surface area contributed by atoms with Crippen molar-refractivity contribution in [1.82, 2.24) is 9.80 Å². The standard InChI is InChI=1S/C28H34ClN3O4S/c1-5-17(2)20(16-33)32-23-26(36)31(19-10-8-18(29)9-11-19)15-7-13-28(23)22(25(32)35)21-24(34)30(4)14-6-12-27(21,3)37-28/h6-13,17,20-23,33H,5,14-16H2,1-4H3/t17-,20-,21+,22-,23?,27-,28-/m0/s1. The molecule has 2 fully saturated rings. The van der Waals surface area contributed by atoms with Crippen molar-refractivity contribution in [2.75, 3.05) is 31.6 Å². The lowest BCUT2D eigenvalue weighted by molar-refractivity contribution is -0.145. The van der Waals surface area contributed by atoms with Crippen LogP contribution in [0.25, 0.3) is 0 Å². The van der Waals surface area contributed by atoms with Gasteiger partial charge in [-0.3, -0.25) is 14.4 Å². The number of carbonyl (C=O) groups excluding carboxylic acids is 3. The number of likely N-dealkylation sites (N-methyl/N-ethyl adjacent to an activating group) is 1. The summed E-state index contributed by atoms with van der Waals surface area (Å²) < 4.78 is -1.58. The highest BCUT2D eigenvalue weighted by atomic mass is 35.5. The van der Waals surface area contributed by atoms with Crippen molar-refractivity contribution in [1.29, 1.82) is 0 Å². The van der Waals surface area contributed by atoms with Gasteiger partial charge in [-0.15, -0.1) is 11.8 Å². The fraction of sp³-hybridized carbons (Fsp3) is 0.536. The van der Waals surface area contributed by atoms with Crippen LogP contribution >= 0.6 is 23.4 Å². The molecule has 1 unspecified atom stereocenters. The van der Waals surface area contributed by atoms with Crippen molar-refractivity contribution in [3.63, 3.8) is 0 Å². The third-order valence-electron chi connectivity index (χ3n) is 8.68. The Balaban J connectivity index is 1.69. The highest BCUT2D eigenvalue weighted by Crippen LogP contribution is 2.66. The summed E-state index contributed by atoms with van der Waals surface area (Å²) in [6.45, 7) is 6.59. The van der Waals surface area contributed by atoms with Crippen LogP contribution in [-0.2, 0) is 14.4 Å². The molecule has 0 aliphatic carbocycles. The second kappa shape index (κ2) is 9.47. The normalized spacial score (nSPS) is 34.7. The summed E-state index contributed by atoms with van der Waals surface area (Å²) in [7, 11) is 1.76. The van der Waals surface area contributed by atoms with Crippen LogP contribution in [0.4, 0.5) is 5.69 Å². The van der Waals surface area contributed by atoms with Gasteiger partial charge in [0.1, 0.15) is 6.04 Å². The molecule has 2 saturated heterocycles. The van der Waals surface area contributed by atoms with Gasteiger partial charge < -0.3 is 19.8 Å².